The molecule has 0 bridgehead atoms. The predicted octanol–water partition coefficient (Wildman–Crippen LogP) is 1.51. The summed E-state index contributed by atoms with van der Waals surface area (Å²) in [5.74, 6) is -0.0808. The third-order valence-electron chi connectivity index (χ3n) is 2.80. The SMILES string of the molecule is NCCc1cccc(C(=O)NCc2cccnc2)c1. The van der Waals surface area contributed by atoms with Crippen molar-refractivity contribution in [1.82, 2.24) is 10.3 Å². The zero-order chi connectivity index (χ0) is 13.5. The van der Waals surface area contributed by atoms with Gasteiger partial charge in [-0.15, -0.1) is 0 Å². The second kappa shape index (κ2) is 6.66. The van der Waals surface area contributed by atoms with Gasteiger partial charge in [0.25, 0.3) is 5.91 Å². The number of hydrogen-bond donors (Lipinski definition) is 2. The molecule has 0 fully saturated rings. The molecule has 0 atom stereocenters. The van der Waals surface area contributed by atoms with E-state index in [0.29, 0.717) is 18.7 Å². The van der Waals surface area contributed by atoms with Crippen molar-refractivity contribution in [1.29, 1.82) is 0 Å². The van der Waals surface area contributed by atoms with Crippen LogP contribution in [-0.4, -0.2) is 17.4 Å². The maximum absolute atomic E-state index is 12.0. The molecule has 4 nitrogen and oxygen atoms in total. The topological polar surface area (TPSA) is 68.0 Å². The second-order valence-electron chi connectivity index (χ2n) is 4.28. The number of benzene rings is 1. The van der Waals surface area contributed by atoms with Crippen LogP contribution in [0, 0.1) is 0 Å². The van der Waals surface area contributed by atoms with Crippen molar-refractivity contribution >= 4 is 5.91 Å². The second-order valence-corrected chi connectivity index (χ2v) is 4.28. The minimum absolute atomic E-state index is 0.0808. The molecule has 19 heavy (non-hydrogen) atoms. The van der Waals surface area contributed by atoms with Crippen LogP contribution in [0.2, 0.25) is 0 Å². The van der Waals surface area contributed by atoms with Crippen molar-refractivity contribution in [2.45, 2.75) is 13.0 Å². The predicted molar refractivity (Wildman–Crippen MR) is 74.6 cm³/mol. The summed E-state index contributed by atoms with van der Waals surface area (Å²) in [5, 5.41) is 2.87. The third kappa shape index (κ3) is 3.89. The van der Waals surface area contributed by atoms with Crippen molar-refractivity contribution in [2.75, 3.05) is 6.54 Å². The monoisotopic (exact) mass is 255 g/mol. The number of rotatable bonds is 5. The first-order valence-electron chi connectivity index (χ1n) is 6.25. The minimum Gasteiger partial charge on any atom is -0.348 e. The summed E-state index contributed by atoms with van der Waals surface area (Å²) in [6.07, 6.45) is 4.23. The average Bonchev–Trinajstić information content (AvgIpc) is 2.46. The van der Waals surface area contributed by atoms with E-state index in [1.54, 1.807) is 18.5 Å². The molecule has 0 saturated carbocycles. The van der Waals surface area contributed by atoms with Gasteiger partial charge in [-0.3, -0.25) is 9.78 Å². The van der Waals surface area contributed by atoms with Crippen molar-refractivity contribution in [3.63, 3.8) is 0 Å². The van der Waals surface area contributed by atoms with Crippen molar-refractivity contribution < 1.29 is 4.79 Å². The van der Waals surface area contributed by atoms with E-state index in [4.69, 9.17) is 5.73 Å². The van der Waals surface area contributed by atoms with E-state index >= 15 is 0 Å². The lowest BCUT2D eigenvalue weighted by atomic mass is 10.1. The summed E-state index contributed by atoms with van der Waals surface area (Å²) in [6.45, 7) is 1.06. The number of hydrogen-bond acceptors (Lipinski definition) is 3. The fourth-order valence-electron chi connectivity index (χ4n) is 1.82. The molecule has 2 aromatic rings. The maximum atomic E-state index is 12.0. The van der Waals surface area contributed by atoms with Gasteiger partial charge >= 0.3 is 0 Å². The quantitative estimate of drug-likeness (QED) is 0.851. The van der Waals surface area contributed by atoms with Gasteiger partial charge in [-0.1, -0.05) is 18.2 Å². The highest BCUT2D eigenvalue weighted by molar-refractivity contribution is 5.94. The van der Waals surface area contributed by atoms with E-state index in [-0.39, 0.29) is 5.91 Å². The van der Waals surface area contributed by atoms with E-state index in [1.165, 1.54) is 0 Å². The lowest BCUT2D eigenvalue weighted by molar-refractivity contribution is 0.0951. The molecule has 3 N–H and O–H groups in total. The molecular formula is C15H17N3O. The van der Waals surface area contributed by atoms with Crippen LogP contribution in [0.4, 0.5) is 0 Å². The van der Waals surface area contributed by atoms with Crippen LogP contribution in [0.5, 0.6) is 0 Å². The number of pyridine rings is 1. The van der Waals surface area contributed by atoms with E-state index in [9.17, 15) is 4.79 Å². The van der Waals surface area contributed by atoms with Gasteiger partial charge in [-0.05, 0) is 42.3 Å². The molecular weight excluding hydrogens is 238 g/mol. The van der Waals surface area contributed by atoms with Gasteiger partial charge in [0.1, 0.15) is 0 Å². The molecule has 0 unspecified atom stereocenters. The van der Waals surface area contributed by atoms with Crippen LogP contribution in [0.15, 0.2) is 48.8 Å². The molecule has 0 aliphatic carbocycles. The molecule has 0 aliphatic heterocycles. The largest absolute Gasteiger partial charge is 0.348 e. The first-order valence-corrected chi connectivity index (χ1v) is 6.25. The van der Waals surface area contributed by atoms with Gasteiger partial charge in [0.2, 0.25) is 0 Å². The van der Waals surface area contributed by atoms with Gasteiger partial charge in [0.05, 0.1) is 0 Å². The van der Waals surface area contributed by atoms with E-state index < -0.39 is 0 Å². The highest BCUT2D eigenvalue weighted by Crippen LogP contribution is 2.06. The lowest BCUT2D eigenvalue weighted by Crippen LogP contribution is -2.23. The van der Waals surface area contributed by atoms with E-state index in [2.05, 4.69) is 10.3 Å². The van der Waals surface area contributed by atoms with Crippen LogP contribution in [0.3, 0.4) is 0 Å². The molecule has 0 spiro atoms. The van der Waals surface area contributed by atoms with Crippen LogP contribution in [0.1, 0.15) is 21.5 Å². The van der Waals surface area contributed by atoms with E-state index in [1.807, 2.05) is 30.3 Å². The number of amides is 1. The van der Waals surface area contributed by atoms with Gasteiger partial charge < -0.3 is 11.1 Å². The van der Waals surface area contributed by atoms with Crippen molar-refractivity contribution in [2.24, 2.45) is 5.73 Å². The molecule has 0 aliphatic rings. The molecule has 1 aromatic carbocycles. The molecule has 1 amide bonds. The zero-order valence-corrected chi connectivity index (χ0v) is 10.7. The smallest absolute Gasteiger partial charge is 0.251 e. The molecule has 0 saturated heterocycles. The molecule has 98 valence electrons. The van der Waals surface area contributed by atoms with Gasteiger partial charge in [0.15, 0.2) is 0 Å². The summed E-state index contributed by atoms with van der Waals surface area (Å²) in [4.78, 5) is 16.0. The Morgan fingerprint density at radius 3 is 2.79 bits per heavy atom. The van der Waals surface area contributed by atoms with Crippen LogP contribution in [-0.2, 0) is 13.0 Å². The van der Waals surface area contributed by atoms with Crippen molar-refractivity contribution in [3.8, 4) is 0 Å². The van der Waals surface area contributed by atoms with E-state index in [0.717, 1.165) is 17.5 Å². The van der Waals surface area contributed by atoms with Crippen LogP contribution in [0.25, 0.3) is 0 Å². The lowest BCUT2D eigenvalue weighted by Gasteiger charge is -2.06. The number of nitrogens with zero attached hydrogens (tertiary/aromatic N) is 1. The summed E-state index contributed by atoms with van der Waals surface area (Å²) in [5.41, 5.74) is 8.24. The highest BCUT2D eigenvalue weighted by atomic mass is 16.1. The highest BCUT2D eigenvalue weighted by Gasteiger charge is 2.05. The number of nitrogens with one attached hydrogen (secondary N) is 1. The first-order chi connectivity index (χ1) is 9.29. The fourth-order valence-corrected chi connectivity index (χ4v) is 1.82. The van der Waals surface area contributed by atoms with Crippen molar-refractivity contribution in [3.05, 3.63) is 65.5 Å². The Bertz CT molecular complexity index is 540. The van der Waals surface area contributed by atoms with Crippen LogP contribution < -0.4 is 11.1 Å². The Hall–Kier alpha value is -2.20. The van der Waals surface area contributed by atoms with Gasteiger partial charge in [-0.25, -0.2) is 0 Å². The summed E-state index contributed by atoms with van der Waals surface area (Å²) < 4.78 is 0. The Morgan fingerprint density at radius 1 is 1.21 bits per heavy atom. The number of nitrogens with two attached hydrogens (primary N) is 1. The molecule has 2 rings (SSSR count). The molecule has 4 heteroatoms. The number of carbonyl (C=O) groups excluding carboxylic acids is 1. The maximum Gasteiger partial charge on any atom is 0.251 e. The summed E-state index contributed by atoms with van der Waals surface area (Å²) in [7, 11) is 0. The standard InChI is InChI=1S/C15H17N3O/c16-7-6-12-3-1-5-14(9-12)15(19)18-11-13-4-2-8-17-10-13/h1-5,8-10H,6-7,11,16H2,(H,18,19). The number of carbonyl (C=O) groups is 1. The van der Waals surface area contributed by atoms with Crippen LogP contribution >= 0.6 is 0 Å². The molecule has 1 aromatic heterocycles. The molecule has 1 heterocycles. The summed E-state index contributed by atoms with van der Waals surface area (Å²) >= 11 is 0. The summed E-state index contributed by atoms with van der Waals surface area (Å²) in [6, 6.07) is 11.3. The Labute approximate surface area is 112 Å². The Kier molecular flexibility index (Phi) is 4.64. The zero-order valence-electron chi connectivity index (χ0n) is 10.7. The average molecular weight is 255 g/mol. The third-order valence-corrected chi connectivity index (χ3v) is 2.80. The fraction of sp³-hybridized carbons (Fsp3) is 0.200. The normalized spacial score (nSPS) is 10.2. The number of aromatic nitrogens is 1. The minimum atomic E-state index is -0.0808. The molecule has 0 radical (unpaired) electrons. The van der Waals surface area contributed by atoms with Gasteiger partial charge in [-0.2, -0.15) is 0 Å². The Balaban J connectivity index is 1.98. The first kappa shape index (κ1) is 13.2. The Morgan fingerprint density at radius 2 is 2.05 bits per heavy atom. The van der Waals surface area contributed by atoms with Gasteiger partial charge in [0, 0.05) is 24.5 Å².